The summed E-state index contributed by atoms with van der Waals surface area (Å²) in [5, 5.41) is 5.58. The summed E-state index contributed by atoms with van der Waals surface area (Å²) in [5.41, 5.74) is 0. The predicted octanol–water partition coefficient (Wildman–Crippen LogP) is -0.894. The van der Waals surface area contributed by atoms with Crippen LogP contribution in [-0.4, -0.2) is 49.3 Å². The Morgan fingerprint density at radius 2 is 2.18 bits per heavy atom. The lowest BCUT2D eigenvalue weighted by atomic mass is 10.0. The van der Waals surface area contributed by atoms with Crippen molar-refractivity contribution in [2.75, 3.05) is 20.6 Å². The highest BCUT2D eigenvalue weighted by atomic mass is 16.2. The molecule has 0 aromatic rings. The van der Waals surface area contributed by atoms with Crippen molar-refractivity contribution in [1.82, 2.24) is 15.5 Å². The van der Waals surface area contributed by atoms with Crippen LogP contribution in [0, 0.1) is 5.92 Å². The van der Waals surface area contributed by atoms with Gasteiger partial charge in [0.25, 0.3) is 5.91 Å². The van der Waals surface area contributed by atoms with Crippen molar-refractivity contribution in [2.45, 2.75) is 25.8 Å². The summed E-state index contributed by atoms with van der Waals surface area (Å²) < 4.78 is 0. The monoisotopic (exact) mass is 241 g/mol. The molecule has 6 heteroatoms. The Balaban J connectivity index is 2.54. The number of carbonyl (C=O) groups is 3. The van der Waals surface area contributed by atoms with Crippen LogP contribution in [0.15, 0.2) is 0 Å². The fourth-order valence-corrected chi connectivity index (χ4v) is 1.76. The van der Waals surface area contributed by atoms with Crippen molar-refractivity contribution >= 4 is 17.7 Å². The van der Waals surface area contributed by atoms with Gasteiger partial charge in [-0.25, -0.2) is 0 Å². The van der Waals surface area contributed by atoms with Crippen LogP contribution in [0.5, 0.6) is 0 Å². The number of amides is 3. The molecule has 2 unspecified atom stereocenters. The molecule has 2 N–H and O–H groups in total. The van der Waals surface area contributed by atoms with E-state index < -0.39 is 6.04 Å². The molecule has 6 nitrogen and oxygen atoms in total. The first-order valence-electron chi connectivity index (χ1n) is 5.72. The van der Waals surface area contributed by atoms with Crippen LogP contribution >= 0.6 is 0 Å². The molecule has 1 aliphatic heterocycles. The molecule has 0 aromatic heterocycles. The minimum Gasteiger partial charge on any atom is -0.344 e. The second kappa shape index (κ2) is 5.77. The van der Waals surface area contributed by atoms with Crippen molar-refractivity contribution in [3.8, 4) is 0 Å². The SMILES string of the molecule is CNCC(C)C(=O)NC1CCC(=O)N(C)C1=O. The number of likely N-dealkylation sites (tertiary alicyclic amines) is 1. The van der Waals surface area contributed by atoms with Crippen LogP contribution < -0.4 is 10.6 Å². The standard InChI is InChI=1S/C11H19N3O3/c1-7(6-12-2)10(16)13-8-4-5-9(15)14(3)11(8)17/h7-8,12H,4-6H2,1-3H3,(H,13,16). The van der Waals surface area contributed by atoms with Crippen molar-refractivity contribution in [2.24, 2.45) is 5.92 Å². The van der Waals surface area contributed by atoms with Crippen molar-refractivity contribution < 1.29 is 14.4 Å². The molecule has 96 valence electrons. The van der Waals surface area contributed by atoms with E-state index in [0.29, 0.717) is 19.4 Å². The average molecular weight is 241 g/mol. The highest BCUT2D eigenvalue weighted by molar-refractivity contribution is 6.01. The van der Waals surface area contributed by atoms with Crippen LogP contribution in [0.1, 0.15) is 19.8 Å². The number of nitrogens with zero attached hydrogens (tertiary/aromatic N) is 1. The molecular weight excluding hydrogens is 222 g/mol. The third kappa shape index (κ3) is 3.26. The Morgan fingerprint density at radius 3 is 2.76 bits per heavy atom. The zero-order valence-electron chi connectivity index (χ0n) is 10.4. The molecule has 1 heterocycles. The van der Waals surface area contributed by atoms with Crippen LogP contribution in [0.3, 0.4) is 0 Å². The van der Waals surface area contributed by atoms with Gasteiger partial charge in [-0.3, -0.25) is 19.3 Å². The lowest BCUT2D eigenvalue weighted by Crippen LogP contribution is -2.54. The lowest BCUT2D eigenvalue weighted by molar-refractivity contribution is -0.149. The smallest absolute Gasteiger partial charge is 0.251 e. The van der Waals surface area contributed by atoms with E-state index in [9.17, 15) is 14.4 Å². The summed E-state index contributed by atoms with van der Waals surface area (Å²) in [5.74, 6) is -0.883. The van der Waals surface area contributed by atoms with Crippen molar-refractivity contribution in [1.29, 1.82) is 0 Å². The molecule has 0 bridgehead atoms. The molecule has 0 spiro atoms. The number of imide groups is 1. The van der Waals surface area contributed by atoms with Crippen molar-refractivity contribution in [3.63, 3.8) is 0 Å². The van der Waals surface area contributed by atoms with Crippen LogP contribution in [0.2, 0.25) is 0 Å². The Hall–Kier alpha value is -1.43. The van der Waals surface area contributed by atoms with Gasteiger partial charge in [0.15, 0.2) is 0 Å². The van der Waals surface area contributed by atoms with E-state index in [1.165, 1.54) is 7.05 Å². The molecule has 3 amide bonds. The first kappa shape index (κ1) is 13.6. The van der Waals surface area contributed by atoms with Gasteiger partial charge in [0, 0.05) is 25.9 Å². The number of rotatable bonds is 4. The van der Waals surface area contributed by atoms with Gasteiger partial charge in [-0.15, -0.1) is 0 Å². The number of piperidine rings is 1. The quantitative estimate of drug-likeness (QED) is 0.626. The lowest BCUT2D eigenvalue weighted by Gasteiger charge is -2.28. The zero-order valence-corrected chi connectivity index (χ0v) is 10.4. The summed E-state index contributed by atoms with van der Waals surface area (Å²) >= 11 is 0. The van der Waals surface area contributed by atoms with Gasteiger partial charge in [0.05, 0.1) is 0 Å². The summed E-state index contributed by atoms with van der Waals surface area (Å²) in [6.45, 7) is 2.34. The normalized spacial score (nSPS) is 22.5. The van der Waals surface area contributed by atoms with Crippen LogP contribution in [0.4, 0.5) is 0 Å². The first-order valence-corrected chi connectivity index (χ1v) is 5.72. The summed E-state index contributed by atoms with van der Waals surface area (Å²) in [6.07, 6.45) is 0.688. The minimum atomic E-state index is -0.565. The molecule has 1 rings (SSSR count). The summed E-state index contributed by atoms with van der Waals surface area (Å²) in [7, 11) is 3.21. The maximum Gasteiger partial charge on any atom is 0.251 e. The Morgan fingerprint density at radius 1 is 1.53 bits per heavy atom. The number of nitrogens with one attached hydrogen (secondary N) is 2. The third-order valence-corrected chi connectivity index (χ3v) is 2.92. The average Bonchev–Trinajstić information content (AvgIpc) is 2.30. The topological polar surface area (TPSA) is 78.5 Å². The molecule has 1 saturated heterocycles. The minimum absolute atomic E-state index is 0.166. The Kier molecular flexibility index (Phi) is 4.62. The molecule has 1 fully saturated rings. The zero-order chi connectivity index (χ0) is 13.0. The van der Waals surface area contributed by atoms with Crippen LogP contribution in [-0.2, 0) is 14.4 Å². The van der Waals surface area contributed by atoms with E-state index in [0.717, 1.165) is 4.90 Å². The third-order valence-electron chi connectivity index (χ3n) is 2.92. The first-order chi connectivity index (χ1) is 7.97. The summed E-state index contributed by atoms with van der Waals surface area (Å²) in [6, 6.07) is -0.565. The maximum absolute atomic E-state index is 11.7. The van der Waals surface area contributed by atoms with Gasteiger partial charge >= 0.3 is 0 Å². The second-order valence-corrected chi connectivity index (χ2v) is 4.35. The van der Waals surface area contributed by atoms with Gasteiger partial charge < -0.3 is 10.6 Å². The number of hydrogen-bond acceptors (Lipinski definition) is 4. The van der Waals surface area contributed by atoms with E-state index in [4.69, 9.17) is 0 Å². The number of likely N-dealkylation sites (N-methyl/N-ethyl adjacent to an activating group) is 1. The molecule has 1 aliphatic rings. The summed E-state index contributed by atoms with van der Waals surface area (Å²) in [4.78, 5) is 35.8. The highest BCUT2D eigenvalue weighted by Gasteiger charge is 2.33. The molecular formula is C11H19N3O3. The fraction of sp³-hybridized carbons (Fsp3) is 0.727. The molecule has 17 heavy (non-hydrogen) atoms. The highest BCUT2D eigenvalue weighted by Crippen LogP contribution is 2.11. The van der Waals surface area contributed by atoms with Gasteiger partial charge in [0.1, 0.15) is 6.04 Å². The van der Waals surface area contributed by atoms with E-state index in [1.807, 2.05) is 0 Å². The van der Waals surface area contributed by atoms with E-state index in [2.05, 4.69) is 10.6 Å². The van der Waals surface area contributed by atoms with E-state index >= 15 is 0 Å². The van der Waals surface area contributed by atoms with E-state index in [1.54, 1.807) is 14.0 Å². The Bertz CT molecular complexity index is 330. The van der Waals surface area contributed by atoms with E-state index in [-0.39, 0.29) is 23.6 Å². The maximum atomic E-state index is 11.7. The molecule has 0 radical (unpaired) electrons. The number of carbonyl (C=O) groups excluding carboxylic acids is 3. The number of hydrogen-bond donors (Lipinski definition) is 2. The predicted molar refractivity (Wildman–Crippen MR) is 62.0 cm³/mol. The Labute approximate surface area is 101 Å². The molecule has 0 saturated carbocycles. The fourth-order valence-electron chi connectivity index (χ4n) is 1.76. The van der Waals surface area contributed by atoms with Gasteiger partial charge in [-0.05, 0) is 13.5 Å². The largest absolute Gasteiger partial charge is 0.344 e. The van der Waals surface area contributed by atoms with Gasteiger partial charge in [-0.2, -0.15) is 0 Å². The van der Waals surface area contributed by atoms with Crippen molar-refractivity contribution in [3.05, 3.63) is 0 Å². The van der Waals surface area contributed by atoms with Gasteiger partial charge in [-0.1, -0.05) is 6.92 Å². The molecule has 0 aromatic carbocycles. The van der Waals surface area contributed by atoms with Crippen LogP contribution in [0.25, 0.3) is 0 Å². The molecule has 2 atom stereocenters. The molecule has 0 aliphatic carbocycles. The second-order valence-electron chi connectivity index (χ2n) is 4.35. The van der Waals surface area contributed by atoms with Gasteiger partial charge in [0.2, 0.25) is 11.8 Å².